The first-order valence-electron chi connectivity index (χ1n) is 9.26. The zero-order valence-electron chi connectivity index (χ0n) is 16.8. The van der Waals surface area contributed by atoms with Crippen LogP contribution in [0.25, 0.3) is 0 Å². The minimum atomic E-state index is -2.54. The molecule has 0 saturated heterocycles. The molecule has 1 atom stereocenters. The molecular weight excluding hydrogens is 380 g/mol. The number of halogens is 2. The molecule has 2 N–H and O–H groups in total. The van der Waals surface area contributed by atoms with Gasteiger partial charge in [0, 0.05) is 17.7 Å². The Labute approximate surface area is 168 Å². The SMILES string of the molecule is Cc1cc(OCC(F)F)ccc1C(C)NC(=O)c1ccnc(NC(=O)C(C)C)c1. The van der Waals surface area contributed by atoms with E-state index in [0.29, 0.717) is 17.1 Å². The molecule has 29 heavy (non-hydrogen) atoms. The summed E-state index contributed by atoms with van der Waals surface area (Å²) in [6.45, 7) is 6.50. The van der Waals surface area contributed by atoms with Gasteiger partial charge in [0.05, 0.1) is 6.04 Å². The molecule has 2 amide bonds. The van der Waals surface area contributed by atoms with Gasteiger partial charge < -0.3 is 15.4 Å². The van der Waals surface area contributed by atoms with Crippen molar-refractivity contribution in [1.29, 1.82) is 0 Å². The fraction of sp³-hybridized carbons (Fsp3) is 0.381. The fourth-order valence-corrected chi connectivity index (χ4v) is 2.65. The Balaban J connectivity index is 2.06. The van der Waals surface area contributed by atoms with Crippen molar-refractivity contribution in [3.63, 3.8) is 0 Å². The number of ether oxygens (including phenoxy) is 1. The number of carbonyl (C=O) groups is 2. The third-order valence-electron chi connectivity index (χ3n) is 4.23. The number of rotatable bonds is 8. The molecule has 8 heteroatoms. The summed E-state index contributed by atoms with van der Waals surface area (Å²) in [4.78, 5) is 28.5. The molecule has 0 fully saturated rings. The molecule has 6 nitrogen and oxygen atoms in total. The summed E-state index contributed by atoms with van der Waals surface area (Å²) in [5.74, 6) is -0.0547. The van der Waals surface area contributed by atoms with Gasteiger partial charge in [-0.05, 0) is 49.2 Å². The number of anilines is 1. The average molecular weight is 405 g/mol. The van der Waals surface area contributed by atoms with Crippen LogP contribution in [0.2, 0.25) is 0 Å². The number of hydrogen-bond acceptors (Lipinski definition) is 4. The number of hydrogen-bond donors (Lipinski definition) is 2. The van der Waals surface area contributed by atoms with Gasteiger partial charge in [0.25, 0.3) is 12.3 Å². The van der Waals surface area contributed by atoms with Crippen molar-refractivity contribution in [1.82, 2.24) is 10.3 Å². The molecule has 1 unspecified atom stereocenters. The second-order valence-electron chi connectivity index (χ2n) is 6.99. The van der Waals surface area contributed by atoms with E-state index in [9.17, 15) is 18.4 Å². The molecule has 1 aromatic heterocycles. The lowest BCUT2D eigenvalue weighted by Gasteiger charge is -2.18. The highest BCUT2D eigenvalue weighted by atomic mass is 19.3. The van der Waals surface area contributed by atoms with E-state index in [1.54, 1.807) is 38.1 Å². The van der Waals surface area contributed by atoms with Gasteiger partial charge in [0.1, 0.15) is 18.2 Å². The maximum Gasteiger partial charge on any atom is 0.272 e. The van der Waals surface area contributed by atoms with Crippen LogP contribution in [0.3, 0.4) is 0 Å². The minimum Gasteiger partial charge on any atom is -0.488 e. The molecule has 0 saturated carbocycles. The molecule has 0 aliphatic heterocycles. The van der Waals surface area contributed by atoms with Gasteiger partial charge >= 0.3 is 0 Å². The molecule has 0 radical (unpaired) electrons. The highest BCUT2D eigenvalue weighted by Gasteiger charge is 2.16. The number of nitrogens with zero attached hydrogens (tertiary/aromatic N) is 1. The van der Waals surface area contributed by atoms with Gasteiger partial charge in [-0.15, -0.1) is 0 Å². The Morgan fingerprint density at radius 1 is 1.14 bits per heavy atom. The first-order valence-corrected chi connectivity index (χ1v) is 9.26. The van der Waals surface area contributed by atoms with Gasteiger partial charge in [0.15, 0.2) is 0 Å². The van der Waals surface area contributed by atoms with Crippen LogP contribution in [0.1, 0.15) is 48.3 Å². The van der Waals surface area contributed by atoms with Crippen molar-refractivity contribution in [3.05, 3.63) is 53.2 Å². The molecule has 156 valence electrons. The molecule has 0 bridgehead atoms. The lowest BCUT2D eigenvalue weighted by molar-refractivity contribution is -0.118. The van der Waals surface area contributed by atoms with Gasteiger partial charge in [0.2, 0.25) is 5.91 Å². The number of nitrogens with one attached hydrogen (secondary N) is 2. The van der Waals surface area contributed by atoms with Crippen LogP contribution in [0.15, 0.2) is 36.5 Å². The molecule has 0 aliphatic rings. The molecule has 1 aromatic carbocycles. The molecule has 2 aromatic rings. The quantitative estimate of drug-likeness (QED) is 0.692. The monoisotopic (exact) mass is 405 g/mol. The van der Waals surface area contributed by atoms with Crippen LogP contribution in [0.4, 0.5) is 14.6 Å². The number of benzene rings is 1. The van der Waals surface area contributed by atoms with E-state index in [0.717, 1.165) is 11.1 Å². The predicted molar refractivity (Wildman–Crippen MR) is 106 cm³/mol. The predicted octanol–water partition coefficient (Wildman–Crippen LogP) is 4.12. The molecule has 1 heterocycles. The largest absolute Gasteiger partial charge is 0.488 e. The zero-order valence-corrected chi connectivity index (χ0v) is 16.8. The van der Waals surface area contributed by atoms with Crippen molar-refractivity contribution >= 4 is 17.6 Å². The summed E-state index contributed by atoms with van der Waals surface area (Å²) in [5.41, 5.74) is 2.01. The van der Waals surface area contributed by atoms with Gasteiger partial charge in [-0.1, -0.05) is 19.9 Å². The van der Waals surface area contributed by atoms with Gasteiger partial charge in [-0.25, -0.2) is 13.8 Å². The summed E-state index contributed by atoms with van der Waals surface area (Å²) >= 11 is 0. The Kier molecular flexibility index (Phi) is 7.64. The number of alkyl halides is 2. The van der Waals surface area contributed by atoms with Crippen LogP contribution in [-0.4, -0.2) is 29.8 Å². The van der Waals surface area contributed by atoms with Crippen LogP contribution in [0, 0.1) is 12.8 Å². The Hall–Kier alpha value is -3.03. The average Bonchev–Trinajstić information content (AvgIpc) is 2.66. The summed E-state index contributed by atoms with van der Waals surface area (Å²) in [6.07, 6.45) is -1.08. The van der Waals surface area contributed by atoms with Crippen LogP contribution < -0.4 is 15.4 Å². The summed E-state index contributed by atoms with van der Waals surface area (Å²) in [5, 5.41) is 5.55. The smallest absolute Gasteiger partial charge is 0.272 e. The highest BCUT2D eigenvalue weighted by Crippen LogP contribution is 2.23. The molecule has 0 aliphatic carbocycles. The van der Waals surface area contributed by atoms with Crippen LogP contribution >= 0.6 is 0 Å². The van der Waals surface area contributed by atoms with Crippen molar-refractivity contribution in [2.75, 3.05) is 11.9 Å². The van der Waals surface area contributed by atoms with E-state index in [-0.39, 0.29) is 23.8 Å². The molecular formula is C21H25F2N3O3. The van der Waals surface area contributed by atoms with Crippen LogP contribution in [-0.2, 0) is 4.79 Å². The molecule has 2 rings (SSSR count). The van der Waals surface area contributed by atoms with Gasteiger partial charge in [-0.3, -0.25) is 9.59 Å². The first-order chi connectivity index (χ1) is 13.7. The van der Waals surface area contributed by atoms with E-state index in [1.165, 1.54) is 12.3 Å². The second-order valence-corrected chi connectivity index (χ2v) is 6.99. The van der Waals surface area contributed by atoms with E-state index < -0.39 is 13.0 Å². The minimum absolute atomic E-state index is 0.187. The van der Waals surface area contributed by atoms with Crippen molar-refractivity contribution in [3.8, 4) is 5.75 Å². The maximum atomic E-state index is 12.6. The molecule has 0 spiro atoms. The third-order valence-corrected chi connectivity index (χ3v) is 4.23. The van der Waals surface area contributed by atoms with E-state index in [1.807, 2.05) is 13.8 Å². The topological polar surface area (TPSA) is 80.3 Å². The van der Waals surface area contributed by atoms with Crippen molar-refractivity contribution in [2.45, 2.75) is 40.2 Å². The van der Waals surface area contributed by atoms with E-state index >= 15 is 0 Å². The summed E-state index contributed by atoms with van der Waals surface area (Å²) < 4.78 is 29.6. The number of pyridine rings is 1. The summed E-state index contributed by atoms with van der Waals surface area (Å²) in [6, 6.07) is 7.74. The third kappa shape index (κ3) is 6.51. The Morgan fingerprint density at radius 2 is 1.86 bits per heavy atom. The number of aromatic nitrogens is 1. The highest BCUT2D eigenvalue weighted by molar-refractivity contribution is 5.97. The van der Waals surface area contributed by atoms with Crippen molar-refractivity contribution in [2.24, 2.45) is 5.92 Å². The number of amides is 2. The fourth-order valence-electron chi connectivity index (χ4n) is 2.65. The van der Waals surface area contributed by atoms with E-state index in [2.05, 4.69) is 15.6 Å². The first kappa shape index (κ1) is 22.3. The lowest BCUT2D eigenvalue weighted by Crippen LogP contribution is -2.27. The number of aryl methyl sites for hydroxylation is 1. The normalized spacial score (nSPS) is 12.0. The maximum absolute atomic E-state index is 12.6. The second kappa shape index (κ2) is 9.95. The zero-order chi connectivity index (χ0) is 21.6. The van der Waals surface area contributed by atoms with Crippen molar-refractivity contribution < 1.29 is 23.1 Å². The summed E-state index contributed by atoms with van der Waals surface area (Å²) in [7, 11) is 0. The lowest BCUT2D eigenvalue weighted by atomic mass is 10.0. The van der Waals surface area contributed by atoms with E-state index in [4.69, 9.17) is 4.74 Å². The Bertz CT molecular complexity index is 872. The Morgan fingerprint density at radius 3 is 2.48 bits per heavy atom. The number of carbonyl (C=O) groups excluding carboxylic acids is 2. The van der Waals surface area contributed by atoms with Crippen LogP contribution in [0.5, 0.6) is 5.75 Å². The van der Waals surface area contributed by atoms with Gasteiger partial charge in [-0.2, -0.15) is 0 Å². The standard InChI is InChI=1S/C21H25F2N3O3/c1-12(2)20(27)26-19-10-15(7-8-24-19)21(28)25-14(4)17-6-5-16(9-13(17)3)29-11-18(22)23/h5-10,12,14,18H,11H2,1-4H3,(H,25,28)(H,24,26,27).